The molecule has 0 atom stereocenters. The van der Waals surface area contributed by atoms with E-state index >= 15 is 0 Å². The van der Waals surface area contributed by atoms with E-state index < -0.39 is 5.92 Å². The van der Waals surface area contributed by atoms with E-state index in [2.05, 4.69) is 13.2 Å². The van der Waals surface area contributed by atoms with E-state index in [0.29, 0.717) is 6.54 Å². The zero-order valence-corrected chi connectivity index (χ0v) is 8.39. The Kier molecular flexibility index (Phi) is 3.09. The molecule has 0 bridgehead atoms. The summed E-state index contributed by atoms with van der Waals surface area (Å²) in [5.41, 5.74) is 1.57. The molecule has 0 N–H and O–H groups in total. The first-order valence-corrected chi connectivity index (χ1v) is 4.57. The van der Waals surface area contributed by atoms with Crippen molar-refractivity contribution in [2.75, 3.05) is 13.1 Å². The summed E-state index contributed by atoms with van der Waals surface area (Å²) in [4.78, 5) is 1.64. The summed E-state index contributed by atoms with van der Waals surface area (Å²) >= 11 is 0. The van der Waals surface area contributed by atoms with Crippen LogP contribution >= 0.6 is 0 Å². The van der Waals surface area contributed by atoms with Crippen LogP contribution < -0.4 is 0 Å². The minimum absolute atomic E-state index is 0.0750. The number of hydrogen-bond acceptors (Lipinski definition) is 1. The summed E-state index contributed by atoms with van der Waals surface area (Å²) in [5, 5.41) is 0. The molecule has 1 aliphatic heterocycles. The molecule has 3 heteroatoms. The van der Waals surface area contributed by atoms with E-state index in [1.807, 2.05) is 6.92 Å². The zero-order chi connectivity index (χ0) is 10.8. The normalized spacial score (nSPS) is 21.1. The van der Waals surface area contributed by atoms with Crippen molar-refractivity contribution in [3.8, 4) is 0 Å². The molecular formula is C11H15F2N. The summed E-state index contributed by atoms with van der Waals surface area (Å²) in [6, 6.07) is 0. The van der Waals surface area contributed by atoms with Gasteiger partial charge in [0, 0.05) is 18.7 Å². The monoisotopic (exact) mass is 199 g/mol. The van der Waals surface area contributed by atoms with Gasteiger partial charge in [0.2, 0.25) is 0 Å². The Hall–Kier alpha value is -1.12. The molecule has 0 aromatic carbocycles. The molecule has 1 rings (SSSR count). The minimum atomic E-state index is -2.56. The van der Waals surface area contributed by atoms with Crippen LogP contribution in [0.5, 0.6) is 0 Å². The predicted octanol–water partition coefficient (Wildman–Crippen LogP) is 2.97. The van der Waals surface area contributed by atoms with Gasteiger partial charge in [-0.1, -0.05) is 18.7 Å². The summed E-state index contributed by atoms with van der Waals surface area (Å²) in [7, 11) is 0. The molecule has 0 aromatic heterocycles. The lowest BCUT2D eigenvalue weighted by Crippen LogP contribution is -2.24. The van der Waals surface area contributed by atoms with Crippen molar-refractivity contribution < 1.29 is 8.78 Å². The molecule has 1 fully saturated rings. The number of allylic oxidation sites excluding steroid dienone is 3. The van der Waals surface area contributed by atoms with E-state index in [1.54, 1.807) is 17.1 Å². The maximum absolute atomic E-state index is 12.9. The highest BCUT2D eigenvalue weighted by molar-refractivity contribution is 5.26. The average molecular weight is 199 g/mol. The Morgan fingerprint density at radius 1 is 1.50 bits per heavy atom. The fraction of sp³-hybridized carbons (Fsp3) is 0.455. The van der Waals surface area contributed by atoms with Crippen LogP contribution in [0, 0.1) is 0 Å². The first-order valence-electron chi connectivity index (χ1n) is 4.57. The topological polar surface area (TPSA) is 3.24 Å². The molecule has 0 aromatic rings. The van der Waals surface area contributed by atoms with Gasteiger partial charge in [0.1, 0.15) is 0 Å². The first kappa shape index (κ1) is 11.0. The van der Waals surface area contributed by atoms with Crippen LogP contribution in [-0.2, 0) is 0 Å². The van der Waals surface area contributed by atoms with Gasteiger partial charge in [-0.2, -0.15) is 0 Å². The zero-order valence-electron chi connectivity index (χ0n) is 8.39. The predicted molar refractivity (Wildman–Crippen MR) is 54.2 cm³/mol. The highest BCUT2D eigenvalue weighted by Gasteiger charge is 2.38. The Morgan fingerprint density at radius 2 is 2.14 bits per heavy atom. The highest BCUT2D eigenvalue weighted by Crippen LogP contribution is 2.29. The molecule has 0 radical (unpaired) electrons. The third kappa shape index (κ3) is 2.69. The van der Waals surface area contributed by atoms with E-state index in [0.717, 1.165) is 11.3 Å². The van der Waals surface area contributed by atoms with Gasteiger partial charge in [0.15, 0.2) is 0 Å². The maximum atomic E-state index is 12.9. The number of alkyl halides is 2. The van der Waals surface area contributed by atoms with Crippen molar-refractivity contribution in [3.05, 3.63) is 36.6 Å². The molecule has 1 saturated heterocycles. The lowest BCUT2D eigenvalue weighted by atomic mass is 10.2. The molecule has 0 saturated carbocycles. The molecule has 14 heavy (non-hydrogen) atoms. The third-order valence-electron chi connectivity index (χ3n) is 2.14. The lowest BCUT2D eigenvalue weighted by Gasteiger charge is -2.19. The van der Waals surface area contributed by atoms with Crippen LogP contribution in [0.2, 0.25) is 0 Å². The highest BCUT2D eigenvalue weighted by atomic mass is 19.3. The summed E-state index contributed by atoms with van der Waals surface area (Å²) in [6.07, 6.45) is 3.29. The van der Waals surface area contributed by atoms with Gasteiger partial charge in [-0.05, 0) is 19.1 Å². The first-order chi connectivity index (χ1) is 6.44. The van der Waals surface area contributed by atoms with E-state index in [9.17, 15) is 8.78 Å². The van der Waals surface area contributed by atoms with Gasteiger partial charge in [-0.15, -0.1) is 0 Å². The summed E-state index contributed by atoms with van der Waals surface area (Å²) in [5.74, 6) is -2.56. The van der Waals surface area contributed by atoms with Crippen molar-refractivity contribution in [1.82, 2.24) is 4.90 Å². The standard InChI is InChI=1S/C11H15F2N/c1-4-10(7-9(2)3)14-6-5-11(12,13)8-14/h4,7H,1-2,5-6,8H2,3H3/b10-7+. The Balaban J connectivity index is 2.74. The molecule has 1 aliphatic rings. The number of likely N-dealkylation sites (tertiary alicyclic amines) is 1. The Bertz CT molecular complexity index is 279. The van der Waals surface area contributed by atoms with Crippen molar-refractivity contribution in [2.24, 2.45) is 0 Å². The van der Waals surface area contributed by atoms with E-state index in [-0.39, 0.29) is 13.0 Å². The van der Waals surface area contributed by atoms with Crippen LogP contribution in [-0.4, -0.2) is 23.9 Å². The molecular weight excluding hydrogens is 184 g/mol. The van der Waals surface area contributed by atoms with Crippen molar-refractivity contribution in [1.29, 1.82) is 0 Å². The van der Waals surface area contributed by atoms with Crippen molar-refractivity contribution in [3.63, 3.8) is 0 Å². The second-order valence-corrected chi connectivity index (χ2v) is 3.65. The van der Waals surface area contributed by atoms with Gasteiger partial charge in [-0.25, -0.2) is 8.78 Å². The van der Waals surface area contributed by atoms with Gasteiger partial charge in [0.25, 0.3) is 5.92 Å². The lowest BCUT2D eigenvalue weighted by molar-refractivity contribution is 0.0154. The van der Waals surface area contributed by atoms with Crippen LogP contribution in [0.25, 0.3) is 0 Å². The SMILES string of the molecule is C=C/C(=C\C(=C)C)N1CCC(F)(F)C1. The molecule has 0 amide bonds. The summed E-state index contributed by atoms with van der Waals surface area (Å²) in [6.45, 7) is 9.33. The van der Waals surface area contributed by atoms with Crippen LogP contribution in [0.3, 0.4) is 0 Å². The van der Waals surface area contributed by atoms with Crippen LogP contribution in [0.4, 0.5) is 8.78 Å². The second kappa shape index (κ2) is 3.95. The average Bonchev–Trinajstić information content (AvgIpc) is 2.41. The molecule has 1 nitrogen and oxygen atoms in total. The van der Waals surface area contributed by atoms with Gasteiger partial charge >= 0.3 is 0 Å². The van der Waals surface area contributed by atoms with Crippen LogP contribution in [0.15, 0.2) is 36.6 Å². The number of nitrogens with zero attached hydrogens (tertiary/aromatic N) is 1. The summed E-state index contributed by atoms with van der Waals surface area (Å²) < 4.78 is 25.8. The molecule has 0 aliphatic carbocycles. The molecule has 0 unspecified atom stereocenters. The van der Waals surface area contributed by atoms with Crippen molar-refractivity contribution >= 4 is 0 Å². The van der Waals surface area contributed by atoms with E-state index in [4.69, 9.17) is 0 Å². The second-order valence-electron chi connectivity index (χ2n) is 3.65. The smallest absolute Gasteiger partial charge is 0.266 e. The molecule has 1 heterocycles. The molecule has 0 spiro atoms. The maximum Gasteiger partial charge on any atom is 0.266 e. The third-order valence-corrected chi connectivity index (χ3v) is 2.14. The fourth-order valence-corrected chi connectivity index (χ4v) is 1.49. The molecule has 78 valence electrons. The van der Waals surface area contributed by atoms with E-state index in [1.165, 1.54) is 0 Å². The largest absolute Gasteiger partial charge is 0.365 e. The minimum Gasteiger partial charge on any atom is -0.365 e. The van der Waals surface area contributed by atoms with Gasteiger partial charge in [-0.3, -0.25) is 0 Å². The Morgan fingerprint density at radius 3 is 2.50 bits per heavy atom. The van der Waals surface area contributed by atoms with Gasteiger partial charge < -0.3 is 4.90 Å². The fourth-order valence-electron chi connectivity index (χ4n) is 1.49. The quantitative estimate of drug-likeness (QED) is 0.631. The number of hydrogen-bond donors (Lipinski definition) is 0. The Labute approximate surface area is 83.4 Å². The van der Waals surface area contributed by atoms with Crippen molar-refractivity contribution in [2.45, 2.75) is 19.3 Å². The van der Waals surface area contributed by atoms with Gasteiger partial charge in [0.05, 0.1) is 6.54 Å². The van der Waals surface area contributed by atoms with Crippen LogP contribution in [0.1, 0.15) is 13.3 Å². The number of rotatable bonds is 3. The number of halogens is 2.